The van der Waals surface area contributed by atoms with Gasteiger partial charge in [-0.15, -0.1) is 0 Å². The first-order valence-corrected chi connectivity index (χ1v) is 6.11. The van der Waals surface area contributed by atoms with Crippen LogP contribution in [0.4, 0.5) is 17.5 Å². The molecule has 0 radical (unpaired) electrons. The molecule has 1 heterocycles. The van der Waals surface area contributed by atoms with Gasteiger partial charge >= 0.3 is 5.69 Å². The van der Waals surface area contributed by atoms with E-state index in [-0.39, 0.29) is 23.5 Å². The molecule has 7 heteroatoms. The summed E-state index contributed by atoms with van der Waals surface area (Å²) >= 11 is 0. The molecular weight excluding hydrogens is 234 g/mol. The Morgan fingerprint density at radius 2 is 2.22 bits per heavy atom. The summed E-state index contributed by atoms with van der Waals surface area (Å²) in [6, 6.07) is 0.215. The fraction of sp³-hybridized carbons (Fsp3) is 0.636. The molecule has 1 aromatic heterocycles. The highest BCUT2D eigenvalue weighted by molar-refractivity contribution is 5.56. The SMILES string of the molecule is CC1CCCCC1Nc1nc(N)ncc1[N+](=O)[O-]. The quantitative estimate of drug-likeness (QED) is 0.628. The molecule has 0 amide bonds. The van der Waals surface area contributed by atoms with E-state index in [1.165, 1.54) is 6.42 Å². The second-order valence-electron chi connectivity index (χ2n) is 4.73. The summed E-state index contributed by atoms with van der Waals surface area (Å²) in [4.78, 5) is 18.0. The van der Waals surface area contributed by atoms with Crippen molar-refractivity contribution < 1.29 is 4.92 Å². The van der Waals surface area contributed by atoms with Gasteiger partial charge in [0.15, 0.2) is 0 Å². The Morgan fingerprint density at radius 3 is 2.89 bits per heavy atom. The zero-order valence-corrected chi connectivity index (χ0v) is 10.3. The molecule has 1 saturated carbocycles. The monoisotopic (exact) mass is 251 g/mol. The summed E-state index contributed by atoms with van der Waals surface area (Å²) in [5.41, 5.74) is 5.36. The van der Waals surface area contributed by atoms with Crippen LogP contribution in [0.5, 0.6) is 0 Å². The van der Waals surface area contributed by atoms with Gasteiger partial charge in [-0.2, -0.15) is 4.98 Å². The maximum atomic E-state index is 10.9. The molecule has 0 spiro atoms. The molecule has 18 heavy (non-hydrogen) atoms. The van der Waals surface area contributed by atoms with Gasteiger partial charge in [0, 0.05) is 6.04 Å². The number of nitrogens with two attached hydrogens (primary N) is 1. The average Bonchev–Trinajstić information content (AvgIpc) is 2.32. The number of nitrogens with one attached hydrogen (secondary N) is 1. The first-order chi connectivity index (χ1) is 8.58. The van der Waals surface area contributed by atoms with E-state index in [9.17, 15) is 10.1 Å². The maximum Gasteiger partial charge on any atom is 0.329 e. The molecule has 0 saturated heterocycles. The van der Waals surface area contributed by atoms with Crippen LogP contribution in [0, 0.1) is 16.0 Å². The Kier molecular flexibility index (Phi) is 3.59. The predicted molar refractivity (Wildman–Crippen MR) is 68.1 cm³/mol. The van der Waals surface area contributed by atoms with Gasteiger partial charge in [-0.05, 0) is 18.8 Å². The molecule has 0 aliphatic heterocycles. The number of aromatic nitrogens is 2. The van der Waals surface area contributed by atoms with Crippen LogP contribution in [0.25, 0.3) is 0 Å². The van der Waals surface area contributed by atoms with E-state index in [0.717, 1.165) is 25.5 Å². The second kappa shape index (κ2) is 5.16. The molecule has 0 bridgehead atoms. The Labute approximate surface area is 105 Å². The minimum atomic E-state index is -0.491. The van der Waals surface area contributed by atoms with E-state index in [2.05, 4.69) is 22.2 Å². The van der Waals surface area contributed by atoms with Gasteiger partial charge < -0.3 is 11.1 Å². The Balaban J connectivity index is 2.21. The Morgan fingerprint density at radius 1 is 1.50 bits per heavy atom. The van der Waals surface area contributed by atoms with Crippen LogP contribution in [0.3, 0.4) is 0 Å². The maximum absolute atomic E-state index is 10.9. The molecule has 1 aromatic rings. The van der Waals surface area contributed by atoms with Gasteiger partial charge in [-0.1, -0.05) is 19.8 Å². The van der Waals surface area contributed by atoms with Gasteiger partial charge in [-0.3, -0.25) is 10.1 Å². The first-order valence-electron chi connectivity index (χ1n) is 6.11. The third-order valence-electron chi connectivity index (χ3n) is 3.42. The van der Waals surface area contributed by atoms with Crippen LogP contribution in [-0.4, -0.2) is 20.9 Å². The van der Waals surface area contributed by atoms with Gasteiger partial charge in [0.2, 0.25) is 11.8 Å². The lowest BCUT2D eigenvalue weighted by Gasteiger charge is -2.29. The summed E-state index contributed by atoms with van der Waals surface area (Å²) in [7, 11) is 0. The van der Waals surface area contributed by atoms with Gasteiger partial charge in [-0.25, -0.2) is 4.98 Å². The van der Waals surface area contributed by atoms with Crippen molar-refractivity contribution in [3.8, 4) is 0 Å². The van der Waals surface area contributed by atoms with Crippen molar-refractivity contribution in [1.82, 2.24) is 9.97 Å². The van der Waals surface area contributed by atoms with Crippen LogP contribution >= 0.6 is 0 Å². The van der Waals surface area contributed by atoms with Crippen LogP contribution in [0.1, 0.15) is 32.6 Å². The topological polar surface area (TPSA) is 107 Å². The molecule has 7 nitrogen and oxygen atoms in total. The average molecular weight is 251 g/mol. The number of nitro groups is 1. The highest BCUT2D eigenvalue weighted by atomic mass is 16.6. The minimum absolute atomic E-state index is 0.0477. The van der Waals surface area contributed by atoms with Crippen LogP contribution in [0.2, 0.25) is 0 Å². The molecule has 2 atom stereocenters. The second-order valence-corrected chi connectivity index (χ2v) is 4.73. The smallest absolute Gasteiger partial charge is 0.329 e. The molecule has 2 rings (SSSR count). The fourth-order valence-electron chi connectivity index (χ4n) is 2.34. The van der Waals surface area contributed by atoms with Crippen molar-refractivity contribution in [3.63, 3.8) is 0 Å². The van der Waals surface area contributed by atoms with Crippen LogP contribution in [-0.2, 0) is 0 Å². The predicted octanol–water partition coefficient (Wildman–Crippen LogP) is 1.96. The number of anilines is 2. The van der Waals surface area contributed by atoms with Crippen molar-refractivity contribution in [3.05, 3.63) is 16.3 Å². The van der Waals surface area contributed by atoms with Gasteiger partial charge in [0.05, 0.1) is 4.92 Å². The van der Waals surface area contributed by atoms with Gasteiger partial charge in [0.25, 0.3) is 0 Å². The molecule has 98 valence electrons. The van der Waals surface area contributed by atoms with E-state index in [1.807, 2.05) is 0 Å². The van der Waals surface area contributed by atoms with E-state index in [0.29, 0.717) is 5.92 Å². The Bertz CT molecular complexity index is 451. The number of rotatable bonds is 3. The molecule has 2 unspecified atom stereocenters. The Hall–Kier alpha value is -1.92. The number of nitrogen functional groups attached to an aromatic ring is 1. The first kappa shape index (κ1) is 12.5. The molecule has 1 aliphatic rings. The van der Waals surface area contributed by atoms with E-state index >= 15 is 0 Å². The largest absolute Gasteiger partial charge is 0.368 e. The summed E-state index contributed by atoms with van der Waals surface area (Å²) in [5.74, 6) is 0.757. The number of hydrogen-bond donors (Lipinski definition) is 2. The van der Waals surface area contributed by atoms with E-state index < -0.39 is 4.92 Å². The summed E-state index contributed by atoms with van der Waals surface area (Å²) in [6.45, 7) is 2.15. The minimum Gasteiger partial charge on any atom is -0.368 e. The van der Waals surface area contributed by atoms with Crippen molar-refractivity contribution in [2.24, 2.45) is 5.92 Å². The van der Waals surface area contributed by atoms with Crippen molar-refractivity contribution in [2.75, 3.05) is 11.1 Å². The van der Waals surface area contributed by atoms with Crippen molar-refractivity contribution in [1.29, 1.82) is 0 Å². The molecule has 0 aromatic carbocycles. The van der Waals surface area contributed by atoms with E-state index in [1.54, 1.807) is 0 Å². The van der Waals surface area contributed by atoms with Crippen LogP contribution in [0.15, 0.2) is 6.20 Å². The van der Waals surface area contributed by atoms with Crippen LogP contribution < -0.4 is 11.1 Å². The lowest BCUT2D eigenvalue weighted by Crippen LogP contribution is -2.31. The zero-order valence-electron chi connectivity index (χ0n) is 10.3. The summed E-state index contributed by atoms with van der Waals surface area (Å²) < 4.78 is 0. The lowest BCUT2D eigenvalue weighted by molar-refractivity contribution is -0.384. The van der Waals surface area contributed by atoms with E-state index in [4.69, 9.17) is 5.73 Å². The lowest BCUT2D eigenvalue weighted by atomic mass is 9.86. The molecular formula is C11H17N5O2. The fourth-order valence-corrected chi connectivity index (χ4v) is 2.34. The van der Waals surface area contributed by atoms with Crippen molar-refractivity contribution >= 4 is 17.5 Å². The number of nitrogens with zero attached hydrogens (tertiary/aromatic N) is 3. The molecule has 3 N–H and O–H groups in total. The molecule has 1 fully saturated rings. The highest BCUT2D eigenvalue weighted by Gasteiger charge is 2.25. The third kappa shape index (κ3) is 2.66. The molecule has 1 aliphatic carbocycles. The third-order valence-corrected chi connectivity index (χ3v) is 3.42. The normalized spacial score (nSPS) is 23.6. The van der Waals surface area contributed by atoms with Gasteiger partial charge in [0.1, 0.15) is 6.20 Å². The highest BCUT2D eigenvalue weighted by Crippen LogP contribution is 2.29. The standard InChI is InChI=1S/C11H17N5O2/c1-7-4-2-3-5-8(7)14-10-9(16(17)18)6-13-11(12)15-10/h6-8H,2-5H2,1H3,(H3,12,13,14,15). The zero-order chi connectivity index (χ0) is 13.1. The summed E-state index contributed by atoms with van der Waals surface area (Å²) in [5, 5.41) is 14.0. The van der Waals surface area contributed by atoms with Crippen molar-refractivity contribution in [2.45, 2.75) is 38.6 Å². The summed E-state index contributed by atoms with van der Waals surface area (Å²) in [6.07, 6.45) is 5.64. The number of hydrogen-bond acceptors (Lipinski definition) is 6.